The molecule has 0 aromatic carbocycles. The molecule has 76 valence electrons. The van der Waals surface area contributed by atoms with Gasteiger partial charge in [-0.3, -0.25) is 9.69 Å². The molecular weight excluding hydrogens is 168 g/mol. The first-order valence-corrected chi connectivity index (χ1v) is 4.89. The SMILES string of the molecule is CCCCNC(=O)CN1CC(O)C1. The monoisotopic (exact) mass is 186 g/mol. The molecule has 13 heavy (non-hydrogen) atoms. The Morgan fingerprint density at radius 1 is 1.62 bits per heavy atom. The summed E-state index contributed by atoms with van der Waals surface area (Å²) in [4.78, 5) is 13.1. The van der Waals surface area contributed by atoms with E-state index < -0.39 is 0 Å². The molecule has 0 spiro atoms. The van der Waals surface area contributed by atoms with Gasteiger partial charge in [-0.25, -0.2) is 0 Å². The Bertz CT molecular complexity index is 167. The summed E-state index contributed by atoms with van der Waals surface area (Å²) in [6.45, 7) is 4.58. The van der Waals surface area contributed by atoms with Crippen molar-refractivity contribution in [3.8, 4) is 0 Å². The molecule has 0 unspecified atom stereocenters. The van der Waals surface area contributed by atoms with Gasteiger partial charge in [-0.05, 0) is 6.42 Å². The van der Waals surface area contributed by atoms with E-state index in [0.717, 1.165) is 19.4 Å². The number of amides is 1. The molecule has 1 heterocycles. The molecule has 1 aliphatic heterocycles. The summed E-state index contributed by atoms with van der Waals surface area (Å²) in [5.41, 5.74) is 0. The Labute approximate surface area is 78.9 Å². The fourth-order valence-corrected chi connectivity index (χ4v) is 1.34. The summed E-state index contributed by atoms with van der Waals surface area (Å²) in [6, 6.07) is 0. The van der Waals surface area contributed by atoms with Crippen molar-refractivity contribution in [1.29, 1.82) is 0 Å². The number of rotatable bonds is 5. The van der Waals surface area contributed by atoms with Gasteiger partial charge in [0.2, 0.25) is 5.91 Å². The number of carbonyl (C=O) groups is 1. The van der Waals surface area contributed by atoms with E-state index in [2.05, 4.69) is 12.2 Å². The molecule has 0 aromatic rings. The molecule has 0 bridgehead atoms. The molecule has 1 saturated heterocycles. The maximum absolute atomic E-state index is 11.2. The number of unbranched alkanes of at least 4 members (excludes halogenated alkanes) is 1. The van der Waals surface area contributed by atoms with Crippen molar-refractivity contribution in [1.82, 2.24) is 10.2 Å². The van der Waals surface area contributed by atoms with Crippen molar-refractivity contribution in [2.24, 2.45) is 0 Å². The van der Waals surface area contributed by atoms with Crippen LogP contribution in [-0.4, -0.2) is 48.2 Å². The molecule has 1 fully saturated rings. The number of hydrogen-bond acceptors (Lipinski definition) is 3. The quantitative estimate of drug-likeness (QED) is 0.573. The summed E-state index contributed by atoms with van der Waals surface area (Å²) in [6.07, 6.45) is 1.92. The lowest BCUT2D eigenvalue weighted by atomic mass is 10.2. The third-order valence-electron chi connectivity index (χ3n) is 2.16. The number of nitrogens with one attached hydrogen (secondary N) is 1. The summed E-state index contributed by atoms with van der Waals surface area (Å²) in [5.74, 6) is 0.0698. The Morgan fingerprint density at radius 2 is 2.31 bits per heavy atom. The second-order valence-corrected chi connectivity index (χ2v) is 3.55. The lowest BCUT2D eigenvalue weighted by Gasteiger charge is -2.34. The second kappa shape index (κ2) is 5.19. The first kappa shape index (κ1) is 10.5. The number of β-amino-alcohol motifs (C(OH)–C–C–N with tert-alkyl or cyclic N) is 1. The molecule has 1 aliphatic rings. The van der Waals surface area contributed by atoms with Crippen LogP contribution in [0, 0.1) is 0 Å². The lowest BCUT2D eigenvalue weighted by Crippen LogP contribution is -2.53. The predicted molar refractivity (Wildman–Crippen MR) is 50.4 cm³/mol. The van der Waals surface area contributed by atoms with Crippen LogP contribution in [0.4, 0.5) is 0 Å². The number of hydrogen-bond donors (Lipinski definition) is 2. The van der Waals surface area contributed by atoms with E-state index in [0.29, 0.717) is 19.6 Å². The van der Waals surface area contributed by atoms with E-state index in [-0.39, 0.29) is 12.0 Å². The molecule has 4 heteroatoms. The Kier molecular flexibility index (Phi) is 4.18. The largest absolute Gasteiger partial charge is 0.390 e. The predicted octanol–water partition coefficient (Wildman–Crippen LogP) is -0.421. The normalized spacial score (nSPS) is 18.3. The van der Waals surface area contributed by atoms with E-state index in [1.807, 2.05) is 4.90 Å². The number of carbonyl (C=O) groups excluding carboxylic acids is 1. The van der Waals surface area contributed by atoms with Crippen LogP contribution in [0.1, 0.15) is 19.8 Å². The minimum atomic E-state index is -0.219. The molecule has 0 aromatic heterocycles. The van der Waals surface area contributed by atoms with Crippen molar-refractivity contribution in [2.45, 2.75) is 25.9 Å². The summed E-state index contributed by atoms with van der Waals surface area (Å²) < 4.78 is 0. The molecule has 0 saturated carbocycles. The van der Waals surface area contributed by atoms with E-state index in [4.69, 9.17) is 5.11 Å². The number of nitrogens with zero attached hydrogens (tertiary/aromatic N) is 1. The van der Waals surface area contributed by atoms with Crippen molar-refractivity contribution < 1.29 is 9.90 Å². The van der Waals surface area contributed by atoms with Crippen molar-refractivity contribution in [2.75, 3.05) is 26.2 Å². The van der Waals surface area contributed by atoms with Crippen LogP contribution < -0.4 is 5.32 Å². The molecule has 1 rings (SSSR count). The molecule has 0 aliphatic carbocycles. The molecule has 0 radical (unpaired) electrons. The van der Waals surface area contributed by atoms with Gasteiger partial charge in [0.25, 0.3) is 0 Å². The third kappa shape index (κ3) is 3.74. The van der Waals surface area contributed by atoms with Gasteiger partial charge in [0.1, 0.15) is 0 Å². The standard InChI is InChI=1S/C9H18N2O2/c1-2-3-4-10-9(13)7-11-5-8(12)6-11/h8,12H,2-7H2,1H3,(H,10,13). The highest BCUT2D eigenvalue weighted by atomic mass is 16.3. The average molecular weight is 186 g/mol. The highest BCUT2D eigenvalue weighted by Gasteiger charge is 2.25. The van der Waals surface area contributed by atoms with Crippen LogP contribution in [-0.2, 0) is 4.79 Å². The van der Waals surface area contributed by atoms with E-state index in [1.165, 1.54) is 0 Å². The topological polar surface area (TPSA) is 52.6 Å². The van der Waals surface area contributed by atoms with Crippen LogP contribution >= 0.6 is 0 Å². The maximum Gasteiger partial charge on any atom is 0.234 e. The summed E-state index contributed by atoms with van der Waals surface area (Å²) >= 11 is 0. The number of aliphatic hydroxyl groups excluding tert-OH is 1. The van der Waals surface area contributed by atoms with Gasteiger partial charge in [-0.2, -0.15) is 0 Å². The molecule has 0 atom stereocenters. The zero-order valence-electron chi connectivity index (χ0n) is 8.12. The Balaban J connectivity index is 1.98. The first-order valence-electron chi connectivity index (χ1n) is 4.89. The smallest absolute Gasteiger partial charge is 0.234 e. The van der Waals surface area contributed by atoms with Crippen LogP contribution in [0.15, 0.2) is 0 Å². The number of aliphatic hydroxyl groups is 1. The zero-order valence-corrected chi connectivity index (χ0v) is 8.12. The minimum absolute atomic E-state index is 0.0698. The summed E-state index contributed by atoms with van der Waals surface area (Å²) in [5, 5.41) is 11.8. The van der Waals surface area contributed by atoms with Crippen molar-refractivity contribution in [3.63, 3.8) is 0 Å². The van der Waals surface area contributed by atoms with Gasteiger partial charge >= 0.3 is 0 Å². The van der Waals surface area contributed by atoms with Gasteiger partial charge < -0.3 is 10.4 Å². The van der Waals surface area contributed by atoms with Crippen LogP contribution in [0.3, 0.4) is 0 Å². The fourth-order valence-electron chi connectivity index (χ4n) is 1.34. The van der Waals surface area contributed by atoms with Crippen molar-refractivity contribution in [3.05, 3.63) is 0 Å². The molecule has 4 nitrogen and oxygen atoms in total. The Hall–Kier alpha value is -0.610. The summed E-state index contributed by atoms with van der Waals surface area (Å²) in [7, 11) is 0. The fraction of sp³-hybridized carbons (Fsp3) is 0.889. The van der Waals surface area contributed by atoms with Gasteiger partial charge in [0.05, 0.1) is 12.6 Å². The number of likely N-dealkylation sites (tertiary alicyclic amines) is 1. The van der Waals surface area contributed by atoms with Crippen LogP contribution in [0.5, 0.6) is 0 Å². The molecule has 1 amide bonds. The first-order chi connectivity index (χ1) is 6.22. The minimum Gasteiger partial charge on any atom is -0.390 e. The van der Waals surface area contributed by atoms with E-state index >= 15 is 0 Å². The molecule has 2 N–H and O–H groups in total. The lowest BCUT2D eigenvalue weighted by molar-refractivity contribution is -0.124. The van der Waals surface area contributed by atoms with Crippen LogP contribution in [0.25, 0.3) is 0 Å². The van der Waals surface area contributed by atoms with E-state index in [1.54, 1.807) is 0 Å². The van der Waals surface area contributed by atoms with Gasteiger partial charge in [0.15, 0.2) is 0 Å². The van der Waals surface area contributed by atoms with Gasteiger partial charge in [0, 0.05) is 19.6 Å². The Morgan fingerprint density at radius 3 is 2.85 bits per heavy atom. The maximum atomic E-state index is 11.2. The van der Waals surface area contributed by atoms with E-state index in [9.17, 15) is 4.79 Å². The second-order valence-electron chi connectivity index (χ2n) is 3.55. The average Bonchev–Trinajstić information content (AvgIpc) is 2.02. The van der Waals surface area contributed by atoms with Crippen molar-refractivity contribution >= 4 is 5.91 Å². The zero-order chi connectivity index (χ0) is 9.68. The highest BCUT2D eigenvalue weighted by Crippen LogP contribution is 2.05. The van der Waals surface area contributed by atoms with Gasteiger partial charge in [-0.15, -0.1) is 0 Å². The van der Waals surface area contributed by atoms with Gasteiger partial charge in [-0.1, -0.05) is 13.3 Å². The molecular formula is C9H18N2O2. The highest BCUT2D eigenvalue weighted by molar-refractivity contribution is 5.78. The third-order valence-corrected chi connectivity index (χ3v) is 2.16. The van der Waals surface area contributed by atoms with Crippen LogP contribution in [0.2, 0.25) is 0 Å².